The predicted molar refractivity (Wildman–Crippen MR) is 68.9 cm³/mol. The maximum atomic E-state index is 12.1. The molecule has 1 unspecified atom stereocenters. The van der Waals surface area contributed by atoms with Gasteiger partial charge in [-0.15, -0.1) is 5.10 Å². The number of amidine groups is 1. The Morgan fingerprint density at radius 3 is 2.78 bits per heavy atom. The number of carbonyl (C=O) groups excluding carboxylic acids is 1. The first kappa shape index (κ1) is 14.4. The summed E-state index contributed by atoms with van der Waals surface area (Å²) in [4.78, 5) is 12.6. The maximum absolute atomic E-state index is 12.1. The van der Waals surface area contributed by atoms with E-state index >= 15 is 0 Å². The van der Waals surface area contributed by atoms with Crippen LogP contribution in [-0.2, 0) is 6.42 Å². The van der Waals surface area contributed by atoms with Gasteiger partial charge in [0.25, 0.3) is 5.91 Å². The molecule has 1 rings (SSSR count). The maximum Gasteiger partial charge on any atom is 0.265 e. The standard InChI is InChI=1S/C10H17N5O2S/c1-4-6-7(18-15-13-6)8(16)12-10(3,5-2)9(11)14-17/h17H,4-5H2,1-3H3,(H2,11,14)(H,12,16). The van der Waals surface area contributed by atoms with Crippen LogP contribution in [0.15, 0.2) is 5.16 Å². The second-order valence-corrected chi connectivity index (χ2v) is 4.78. The first-order valence-corrected chi connectivity index (χ1v) is 6.37. The number of amides is 1. The highest BCUT2D eigenvalue weighted by molar-refractivity contribution is 7.08. The van der Waals surface area contributed by atoms with Gasteiger partial charge < -0.3 is 16.3 Å². The van der Waals surface area contributed by atoms with Crippen LogP contribution in [0.3, 0.4) is 0 Å². The number of hydrogen-bond acceptors (Lipinski definition) is 6. The molecular weight excluding hydrogens is 254 g/mol. The number of nitrogens with zero attached hydrogens (tertiary/aromatic N) is 3. The number of nitrogens with two attached hydrogens (primary N) is 1. The lowest BCUT2D eigenvalue weighted by Crippen LogP contribution is -2.55. The van der Waals surface area contributed by atoms with E-state index in [1.165, 1.54) is 0 Å². The van der Waals surface area contributed by atoms with Crippen molar-refractivity contribution in [1.82, 2.24) is 14.9 Å². The van der Waals surface area contributed by atoms with E-state index < -0.39 is 5.54 Å². The monoisotopic (exact) mass is 271 g/mol. The van der Waals surface area contributed by atoms with Crippen molar-refractivity contribution in [2.24, 2.45) is 10.9 Å². The highest BCUT2D eigenvalue weighted by atomic mass is 32.1. The van der Waals surface area contributed by atoms with E-state index in [2.05, 4.69) is 20.1 Å². The molecule has 0 aromatic carbocycles. The molecule has 0 aliphatic heterocycles. The van der Waals surface area contributed by atoms with Gasteiger partial charge in [-0.1, -0.05) is 23.5 Å². The first-order chi connectivity index (χ1) is 8.48. The number of aromatic nitrogens is 2. The molecule has 1 aromatic heterocycles. The van der Waals surface area contributed by atoms with Crippen molar-refractivity contribution in [2.45, 2.75) is 39.2 Å². The fraction of sp³-hybridized carbons (Fsp3) is 0.600. The van der Waals surface area contributed by atoms with Gasteiger partial charge in [0.05, 0.1) is 11.2 Å². The van der Waals surface area contributed by atoms with Gasteiger partial charge in [-0.2, -0.15) is 0 Å². The molecule has 1 aromatic rings. The Hall–Kier alpha value is -1.70. The lowest BCUT2D eigenvalue weighted by Gasteiger charge is -2.27. The smallest absolute Gasteiger partial charge is 0.265 e. The van der Waals surface area contributed by atoms with Crippen molar-refractivity contribution < 1.29 is 10.0 Å². The van der Waals surface area contributed by atoms with Crippen LogP contribution < -0.4 is 11.1 Å². The SMILES string of the molecule is CCc1nnsc1C(=O)NC(C)(CC)C(N)=NO. The lowest BCUT2D eigenvalue weighted by molar-refractivity contribution is 0.0928. The van der Waals surface area contributed by atoms with Crippen molar-refractivity contribution >= 4 is 23.3 Å². The largest absolute Gasteiger partial charge is 0.409 e. The molecule has 0 fully saturated rings. The zero-order valence-electron chi connectivity index (χ0n) is 10.6. The molecule has 7 nitrogen and oxygen atoms in total. The quantitative estimate of drug-likeness (QED) is 0.316. The van der Waals surface area contributed by atoms with Crippen molar-refractivity contribution in [3.63, 3.8) is 0 Å². The average Bonchev–Trinajstić information content (AvgIpc) is 2.85. The van der Waals surface area contributed by atoms with Crippen molar-refractivity contribution in [3.05, 3.63) is 10.6 Å². The second-order valence-electron chi connectivity index (χ2n) is 4.03. The topological polar surface area (TPSA) is 113 Å². The summed E-state index contributed by atoms with van der Waals surface area (Å²) in [6, 6.07) is 0. The van der Waals surface area contributed by atoms with E-state index in [0.717, 1.165) is 11.5 Å². The number of nitrogens with one attached hydrogen (secondary N) is 1. The van der Waals surface area contributed by atoms with Crippen LogP contribution in [-0.4, -0.2) is 32.1 Å². The minimum atomic E-state index is -0.888. The van der Waals surface area contributed by atoms with Crippen LogP contribution >= 0.6 is 11.5 Å². The van der Waals surface area contributed by atoms with Crippen molar-refractivity contribution in [3.8, 4) is 0 Å². The summed E-state index contributed by atoms with van der Waals surface area (Å²) in [7, 11) is 0. The van der Waals surface area contributed by atoms with Gasteiger partial charge in [-0.3, -0.25) is 4.79 Å². The molecule has 100 valence electrons. The molecule has 0 spiro atoms. The van der Waals surface area contributed by atoms with Gasteiger partial charge in [-0.25, -0.2) is 0 Å². The number of oxime groups is 1. The van der Waals surface area contributed by atoms with Gasteiger partial charge in [0.2, 0.25) is 0 Å². The number of hydrogen-bond donors (Lipinski definition) is 3. The molecule has 0 aliphatic rings. The van der Waals surface area contributed by atoms with Gasteiger partial charge in [-0.05, 0) is 31.3 Å². The normalized spacial score (nSPS) is 15.2. The zero-order valence-corrected chi connectivity index (χ0v) is 11.4. The van der Waals surface area contributed by atoms with Crippen LogP contribution in [0, 0.1) is 0 Å². The van der Waals surface area contributed by atoms with E-state index in [-0.39, 0.29) is 11.7 Å². The van der Waals surface area contributed by atoms with Gasteiger partial charge in [0.15, 0.2) is 5.84 Å². The molecule has 1 atom stereocenters. The fourth-order valence-electron chi connectivity index (χ4n) is 1.36. The fourth-order valence-corrected chi connectivity index (χ4v) is 2.01. The molecule has 18 heavy (non-hydrogen) atoms. The average molecular weight is 271 g/mol. The molecular formula is C10H17N5O2S. The summed E-state index contributed by atoms with van der Waals surface area (Å²) in [5.41, 5.74) is 5.35. The molecule has 4 N–H and O–H groups in total. The third kappa shape index (κ3) is 2.76. The van der Waals surface area contributed by atoms with E-state index in [9.17, 15) is 4.79 Å². The van der Waals surface area contributed by atoms with E-state index in [1.54, 1.807) is 6.92 Å². The summed E-state index contributed by atoms with van der Waals surface area (Å²) in [5, 5.41) is 18.3. The number of carbonyl (C=O) groups is 1. The molecule has 1 amide bonds. The Balaban J connectivity index is 2.93. The third-order valence-corrected chi connectivity index (χ3v) is 3.63. The highest BCUT2D eigenvalue weighted by Gasteiger charge is 2.31. The Morgan fingerprint density at radius 2 is 2.28 bits per heavy atom. The van der Waals surface area contributed by atoms with Crippen LogP contribution in [0.2, 0.25) is 0 Å². The van der Waals surface area contributed by atoms with Gasteiger partial charge in [0, 0.05) is 0 Å². The van der Waals surface area contributed by atoms with Crippen LogP contribution in [0.1, 0.15) is 42.6 Å². The Kier molecular flexibility index (Phi) is 4.60. The molecule has 0 radical (unpaired) electrons. The van der Waals surface area contributed by atoms with E-state index in [4.69, 9.17) is 10.9 Å². The number of aryl methyl sites for hydroxylation is 1. The molecule has 0 aliphatic carbocycles. The summed E-state index contributed by atoms with van der Waals surface area (Å²) in [6.45, 7) is 5.43. The van der Waals surface area contributed by atoms with Crippen molar-refractivity contribution in [2.75, 3.05) is 0 Å². The van der Waals surface area contributed by atoms with Crippen LogP contribution in [0.25, 0.3) is 0 Å². The van der Waals surface area contributed by atoms with Gasteiger partial charge in [0.1, 0.15) is 4.88 Å². The second kappa shape index (κ2) is 5.76. The summed E-state index contributed by atoms with van der Waals surface area (Å²) >= 11 is 1.04. The van der Waals surface area contributed by atoms with Crippen LogP contribution in [0.4, 0.5) is 0 Å². The van der Waals surface area contributed by atoms with Crippen LogP contribution in [0.5, 0.6) is 0 Å². The Bertz CT molecular complexity index is 459. The summed E-state index contributed by atoms with van der Waals surface area (Å²) in [5.74, 6) is -0.341. The molecule has 1 heterocycles. The van der Waals surface area contributed by atoms with E-state index in [0.29, 0.717) is 23.4 Å². The summed E-state index contributed by atoms with van der Waals surface area (Å²) < 4.78 is 3.75. The molecule has 0 saturated heterocycles. The minimum absolute atomic E-state index is 0.0335. The predicted octanol–water partition coefficient (Wildman–Crippen LogP) is 0.745. The zero-order chi connectivity index (χ0) is 13.8. The number of rotatable bonds is 5. The Labute approximate surface area is 109 Å². The molecule has 0 bridgehead atoms. The van der Waals surface area contributed by atoms with E-state index in [1.807, 2.05) is 13.8 Å². The van der Waals surface area contributed by atoms with Crippen molar-refractivity contribution in [1.29, 1.82) is 0 Å². The first-order valence-electron chi connectivity index (χ1n) is 5.60. The highest BCUT2D eigenvalue weighted by Crippen LogP contribution is 2.15. The lowest BCUT2D eigenvalue weighted by atomic mass is 9.97. The third-order valence-electron chi connectivity index (χ3n) is 2.87. The molecule has 8 heteroatoms. The minimum Gasteiger partial charge on any atom is -0.409 e. The van der Waals surface area contributed by atoms with Gasteiger partial charge >= 0.3 is 0 Å². The Morgan fingerprint density at radius 1 is 1.61 bits per heavy atom. The molecule has 0 saturated carbocycles. The summed E-state index contributed by atoms with van der Waals surface area (Å²) in [6.07, 6.45) is 1.13.